The number of aromatic nitrogens is 2. The maximum Gasteiger partial charge on any atom is 0.383 e. The second kappa shape index (κ2) is 6.33. The fourth-order valence-corrected chi connectivity index (χ4v) is 2.25. The van der Waals surface area contributed by atoms with E-state index in [2.05, 4.69) is 10.3 Å². The maximum absolute atomic E-state index is 10.7. The van der Waals surface area contributed by atoms with E-state index in [-0.39, 0.29) is 24.2 Å². The van der Waals surface area contributed by atoms with E-state index in [4.69, 9.17) is 11.6 Å². The monoisotopic (exact) mass is 324 g/mol. The molecule has 0 saturated carbocycles. The van der Waals surface area contributed by atoms with Crippen molar-refractivity contribution >= 4 is 23.1 Å². The van der Waals surface area contributed by atoms with Crippen LogP contribution in [-0.4, -0.2) is 31.7 Å². The zero-order chi connectivity index (χ0) is 16.3. The Bertz CT molecular complexity index is 684. The molecule has 0 spiro atoms. The van der Waals surface area contributed by atoms with Gasteiger partial charge in [-0.05, 0) is 47.0 Å². The van der Waals surface area contributed by atoms with Crippen molar-refractivity contribution in [2.24, 2.45) is 0 Å². The smallest absolute Gasteiger partial charge is 0.383 e. The average Bonchev–Trinajstić information content (AvgIpc) is 2.79. The summed E-state index contributed by atoms with van der Waals surface area (Å²) in [6.45, 7) is 3.94. The zero-order valence-corrected chi connectivity index (χ0v) is 13.0. The van der Waals surface area contributed by atoms with Crippen molar-refractivity contribution < 1.29 is 10.0 Å². The zero-order valence-electron chi connectivity index (χ0n) is 12.3. The van der Waals surface area contributed by atoms with Crippen LogP contribution in [-0.2, 0) is 6.54 Å². The lowest BCUT2D eigenvalue weighted by molar-refractivity contribution is -0.389. The Labute approximate surface area is 132 Å². The molecular weight excluding hydrogens is 308 g/mol. The lowest BCUT2D eigenvalue weighted by Crippen LogP contribution is -2.38. The third-order valence-corrected chi connectivity index (χ3v) is 3.52. The van der Waals surface area contributed by atoms with E-state index in [1.807, 2.05) is 31.2 Å². The molecule has 0 saturated heterocycles. The van der Waals surface area contributed by atoms with Crippen LogP contribution in [0.1, 0.15) is 12.5 Å². The number of anilines is 1. The van der Waals surface area contributed by atoms with Crippen molar-refractivity contribution in [3.8, 4) is 0 Å². The van der Waals surface area contributed by atoms with Crippen LogP contribution in [0, 0.1) is 17.0 Å². The number of benzene rings is 1. The Hall–Kier alpha value is -2.12. The molecule has 1 aromatic carbocycles. The van der Waals surface area contributed by atoms with E-state index < -0.39 is 10.5 Å². The van der Waals surface area contributed by atoms with E-state index in [0.717, 1.165) is 11.3 Å². The van der Waals surface area contributed by atoms with Gasteiger partial charge < -0.3 is 20.5 Å². The van der Waals surface area contributed by atoms with Gasteiger partial charge in [0.2, 0.25) is 0 Å². The standard InChI is InChI=1S/C14H17ClN4O3/c1-10-5-3-4-6-11(10)16-8-14(2,20)9-18-7-12(19(21)22)17-13(18)15/h3-7,16,20H,8-9H2,1-2H3/t14-/m0/s1. The van der Waals surface area contributed by atoms with Gasteiger partial charge in [-0.25, -0.2) is 0 Å². The molecule has 2 aromatic rings. The Kier molecular flexibility index (Phi) is 4.68. The quantitative estimate of drug-likeness (QED) is 0.629. The van der Waals surface area contributed by atoms with Crippen LogP contribution in [0.2, 0.25) is 5.28 Å². The number of rotatable bonds is 6. The molecule has 0 unspecified atom stereocenters. The average molecular weight is 325 g/mol. The highest BCUT2D eigenvalue weighted by atomic mass is 35.5. The summed E-state index contributed by atoms with van der Waals surface area (Å²) in [6.07, 6.45) is 1.21. The highest BCUT2D eigenvalue weighted by Gasteiger charge is 2.26. The SMILES string of the molecule is Cc1ccccc1NC[C@](C)(O)Cn1cc([N+](=O)[O-])nc1Cl. The molecule has 1 atom stereocenters. The number of aliphatic hydroxyl groups is 1. The first kappa shape index (κ1) is 16.3. The van der Waals surface area contributed by atoms with Crippen molar-refractivity contribution in [1.29, 1.82) is 0 Å². The molecule has 7 nitrogen and oxygen atoms in total. The minimum absolute atomic E-state index is 0.0251. The van der Waals surface area contributed by atoms with Crippen LogP contribution < -0.4 is 5.32 Å². The van der Waals surface area contributed by atoms with Gasteiger partial charge in [0.15, 0.2) is 0 Å². The van der Waals surface area contributed by atoms with Gasteiger partial charge in [0, 0.05) is 12.2 Å². The molecule has 2 rings (SSSR count). The van der Waals surface area contributed by atoms with Gasteiger partial charge in [-0.2, -0.15) is 0 Å². The summed E-state index contributed by atoms with van der Waals surface area (Å²) >= 11 is 5.85. The predicted molar refractivity (Wildman–Crippen MR) is 84.2 cm³/mol. The second-order valence-electron chi connectivity index (χ2n) is 5.42. The van der Waals surface area contributed by atoms with E-state index in [9.17, 15) is 15.2 Å². The summed E-state index contributed by atoms with van der Waals surface area (Å²) in [5.41, 5.74) is 0.834. The molecule has 0 amide bonds. The number of hydrogen-bond donors (Lipinski definition) is 2. The summed E-state index contributed by atoms with van der Waals surface area (Å²) in [7, 11) is 0. The molecule has 1 heterocycles. The van der Waals surface area contributed by atoms with Crippen LogP contribution in [0.15, 0.2) is 30.5 Å². The first-order chi connectivity index (χ1) is 10.3. The van der Waals surface area contributed by atoms with Crippen LogP contribution in [0.25, 0.3) is 0 Å². The summed E-state index contributed by atoms with van der Waals surface area (Å²) < 4.78 is 1.36. The van der Waals surface area contributed by atoms with Crippen molar-refractivity contribution in [3.05, 3.63) is 51.4 Å². The van der Waals surface area contributed by atoms with Crippen LogP contribution in [0.4, 0.5) is 11.5 Å². The highest BCUT2D eigenvalue weighted by molar-refractivity contribution is 6.28. The second-order valence-corrected chi connectivity index (χ2v) is 5.76. The number of hydrogen-bond acceptors (Lipinski definition) is 5. The van der Waals surface area contributed by atoms with E-state index in [1.54, 1.807) is 6.92 Å². The largest absolute Gasteiger partial charge is 0.386 e. The summed E-state index contributed by atoms with van der Waals surface area (Å²) in [5, 5.41) is 24.3. The first-order valence-corrected chi connectivity index (χ1v) is 7.05. The molecule has 0 radical (unpaired) electrons. The number of nitro groups is 1. The molecule has 0 aliphatic heterocycles. The molecule has 0 fully saturated rings. The van der Waals surface area contributed by atoms with Gasteiger partial charge >= 0.3 is 11.1 Å². The van der Waals surface area contributed by atoms with Gasteiger partial charge in [-0.1, -0.05) is 18.2 Å². The normalized spacial score (nSPS) is 13.6. The lowest BCUT2D eigenvalue weighted by Gasteiger charge is -2.25. The number of aryl methyl sites for hydroxylation is 1. The van der Waals surface area contributed by atoms with Crippen LogP contribution in [0.3, 0.4) is 0 Å². The summed E-state index contributed by atoms with van der Waals surface area (Å²) in [6, 6.07) is 7.72. The van der Waals surface area contributed by atoms with Gasteiger partial charge in [-0.15, -0.1) is 0 Å². The van der Waals surface area contributed by atoms with Crippen molar-refractivity contribution in [3.63, 3.8) is 0 Å². The highest BCUT2D eigenvalue weighted by Crippen LogP contribution is 2.20. The van der Waals surface area contributed by atoms with E-state index in [0.29, 0.717) is 0 Å². The number of para-hydroxylation sites is 1. The number of halogens is 1. The predicted octanol–water partition coefficient (Wildman–Crippen LogP) is 2.62. The lowest BCUT2D eigenvalue weighted by atomic mass is 10.1. The maximum atomic E-state index is 10.7. The number of nitrogens with one attached hydrogen (secondary N) is 1. The first-order valence-electron chi connectivity index (χ1n) is 6.67. The van der Waals surface area contributed by atoms with Crippen molar-refractivity contribution in [2.75, 3.05) is 11.9 Å². The van der Waals surface area contributed by atoms with Crippen molar-refractivity contribution in [1.82, 2.24) is 9.55 Å². The van der Waals surface area contributed by atoms with E-state index in [1.165, 1.54) is 10.8 Å². The third-order valence-electron chi connectivity index (χ3n) is 3.22. The third kappa shape index (κ3) is 3.96. The minimum Gasteiger partial charge on any atom is -0.386 e. The molecule has 22 heavy (non-hydrogen) atoms. The van der Waals surface area contributed by atoms with Gasteiger partial charge in [-0.3, -0.25) is 4.57 Å². The molecule has 118 valence electrons. The van der Waals surface area contributed by atoms with Crippen LogP contribution >= 0.6 is 11.6 Å². The topological polar surface area (TPSA) is 93.2 Å². The van der Waals surface area contributed by atoms with Gasteiger partial charge in [0.05, 0.1) is 12.1 Å². The molecule has 8 heteroatoms. The minimum atomic E-state index is -1.15. The molecular formula is C14H17ClN4O3. The molecule has 0 aliphatic rings. The summed E-state index contributed by atoms with van der Waals surface area (Å²) in [4.78, 5) is 13.7. The fraction of sp³-hybridized carbons (Fsp3) is 0.357. The Morgan fingerprint density at radius 1 is 1.50 bits per heavy atom. The Balaban J connectivity index is 2.05. The molecule has 0 aliphatic carbocycles. The number of imidazole rings is 1. The van der Waals surface area contributed by atoms with Crippen LogP contribution in [0.5, 0.6) is 0 Å². The van der Waals surface area contributed by atoms with Crippen molar-refractivity contribution in [2.45, 2.75) is 26.0 Å². The van der Waals surface area contributed by atoms with Gasteiger partial charge in [0.25, 0.3) is 0 Å². The Morgan fingerprint density at radius 3 is 2.77 bits per heavy atom. The molecule has 0 bridgehead atoms. The molecule has 2 N–H and O–H groups in total. The fourth-order valence-electron chi connectivity index (χ4n) is 2.06. The number of nitrogens with zero attached hydrogens (tertiary/aromatic N) is 3. The Morgan fingerprint density at radius 2 is 2.18 bits per heavy atom. The van der Waals surface area contributed by atoms with Gasteiger partial charge in [0.1, 0.15) is 6.20 Å². The molecule has 1 aromatic heterocycles. The van der Waals surface area contributed by atoms with E-state index >= 15 is 0 Å². The summed E-state index contributed by atoms with van der Waals surface area (Å²) in [5.74, 6) is -0.340.